The molecule has 0 saturated carbocycles. The summed E-state index contributed by atoms with van der Waals surface area (Å²) in [5.41, 5.74) is 1.63. The van der Waals surface area contributed by atoms with E-state index in [1.54, 1.807) is 5.57 Å². The highest BCUT2D eigenvalue weighted by atomic mass is 32.1. The minimum Gasteiger partial charge on any atom is -0.306 e. The maximum absolute atomic E-state index is 3.76. The van der Waals surface area contributed by atoms with Crippen molar-refractivity contribution >= 4 is 11.3 Å². The van der Waals surface area contributed by atoms with Gasteiger partial charge in [0.15, 0.2) is 0 Å². The molecule has 1 atom stereocenters. The van der Waals surface area contributed by atoms with E-state index in [2.05, 4.69) is 37.4 Å². The minimum atomic E-state index is 0.475. The zero-order chi connectivity index (χ0) is 13.5. The topological polar surface area (TPSA) is 12.0 Å². The smallest absolute Gasteiger partial charge is 0.0630 e. The molecule has 0 aliphatic heterocycles. The van der Waals surface area contributed by atoms with Crippen LogP contribution in [0.5, 0.6) is 0 Å². The van der Waals surface area contributed by atoms with E-state index in [0.29, 0.717) is 6.04 Å². The maximum atomic E-state index is 3.76. The first-order valence-electron chi connectivity index (χ1n) is 7.86. The Morgan fingerprint density at radius 3 is 2.84 bits per heavy atom. The maximum Gasteiger partial charge on any atom is 0.0630 e. The van der Waals surface area contributed by atoms with Crippen LogP contribution in [0.4, 0.5) is 0 Å². The van der Waals surface area contributed by atoms with Gasteiger partial charge in [-0.1, -0.05) is 31.9 Å². The van der Waals surface area contributed by atoms with E-state index < -0.39 is 0 Å². The van der Waals surface area contributed by atoms with Gasteiger partial charge in [0.05, 0.1) is 6.04 Å². The fraction of sp³-hybridized carbons (Fsp3) is 0.647. The second-order valence-electron chi connectivity index (χ2n) is 5.42. The summed E-state index contributed by atoms with van der Waals surface area (Å²) in [5.74, 6) is 0. The Morgan fingerprint density at radius 1 is 1.21 bits per heavy atom. The zero-order valence-corrected chi connectivity index (χ0v) is 13.2. The molecule has 0 saturated heterocycles. The minimum absolute atomic E-state index is 0.475. The molecule has 0 fully saturated rings. The summed E-state index contributed by atoms with van der Waals surface area (Å²) in [6.07, 6.45) is 11.5. The van der Waals surface area contributed by atoms with Gasteiger partial charge in [0.2, 0.25) is 0 Å². The highest BCUT2D eigenvalue weighted by molar-refractivity contribution is 7.12. The Hall–Kier alpha value is -0.600. The van der Waals surface area contributed by atoms with Crippen molar-refractivity contribution in [1.29, 1.82) is 0 Å². The molecule has 1 N–H and O–H groups in total. The van der Waals surface area contributed by atoms with Crippen LogP contribution in [-0.4, -0.2) is 6.54 Å². The van der Waals surface area contributed by atoms with Crippen molar-refractivity contribution in [3.05, 3.63) is 33.5 Å². The van der Waals surface area contributed by atoms with E-state index in [1.165, 1.54) is 48.3 Å². The number of thiophene rings is 1. The number of hydrogen-bond acceptors (Lipinski definition) is 2. The summed E-state index contributed by atoms with van der Waals surface area (Å²) < 4.78 is 0. The average molecular weight is 277 g/mol. The van der Waals surface area contributed by atoms with Gasteiger partial charge in [-0.25, -0.2) is 0 Å². The van der Waals surface area contributed by atoms with Gasteiger partial charge in [-0.2, -0.15) is 0 Å². The van der Waals surface area contributed by atoms with Gasteiger partial charge in [0.25, 0.3) is 0 Å². The van der Waals surface area contributed by atoms with Crippen LogP contribution in [0, 0.1) is 0 Å². The summed E-state index contributed by atoms with van der Waals surface area (Å²) in [5, 5.41) is 3.76. The largest absolute Gasteiger partial charge is 0.306 e. The van der Waals surface area contributed by atoms with Crippen LogP contribution >= 0.6 is 11.3 Å². The van der Waals surface area contributed by atoms with E-state index in [-0.39, 0.29) is 0 Å². The summed E-state index contributed by atoms with van der Waals surface area (Å²) in [6.45, 7) is 5.60. The van der Waals surface area contributed by atoms with Crippen LogP contribution in [0.15, 0.2) is 23.8 Å². The molecule has 1 aromatic rings. The molecule has 1 aliphatic rings. The monoisotopic (exact) mass is 277 g/mol. The molecule has 0 bridgehead atoms. The van der Waals surface area contributed by atoms with Crippen LogP contribution in [0.2, 0.25) is 0 Å². The van der Waals surface area contributed by atoms with Crippen LogP contribution < -0.4 is 5.32 Å². The Kier molecular flexibility index (Phi) is 6.12. The van der Waals surface area contributed by atoms with Crippen LogP contribution in [0.3, 0.4) is 0 Å². The lowest BCUT2D eigenvalue weighted by Crippen LogP contribution is -2.23. The van der Waals surface area contributed by atoms with E-state index in [0.717, 1.165) is 13.0 Å². The predicted molar refractivity (Wildman–Crippen MR) is 85.9 cm³/mol. The third kappa shape index (κ3) is 4.19. The molecule has 0 spiro atoms. The molecule has 0 amide bonds. The van der Waals surface area contributed by atoms with E-state index in [1.807, 2.05) is 11.3 Å². The van der Waals surface area contributed by atoms with Crippen molar-refractivity contribution in [3.8, 4) is 0 Å². The number of rotatable bonds is 6. The SMILES string of the molecule is CCCNC(C1=CCCCCC1)c1ccc(CC)s1. The Morgan fingerprint density at radius 2 is 2.11 bits per heavy atom. The van der Waals surface area contributed by atoms with Gasteiger partial charge in [-0.3, -0.25) is 0 Å². The number of nitrogens with one attached hydrogen (secondary N) is 1. The van der Waals surface area contributed by atoms with Crippen molar-refractivity contribution in [2.75, 3.05) is 6.54 Å². The van der Waals surface area contributed by atoms with E-state index >= 15 is 0 Å². The van der Waals surface area contributed by atoms with Gasteiger partial charge in [0.1, 0.15) is 0 Å². The summed E-state index contributed by atoms with van der Waals surface area (Å²) in [7, 11) is 0. The molecule has 0 aromatic carbocycles. The fourth-order valence-electron chi connectivity index (χ4n) is 2.74. The first kappa shape index (κ1) is 14.8. The predicted octanol–water partition coefficient (Wildman–Crippen LogP) is 5.24. The molecular weight excluding hydrogens is 250 g/mol. The first-order valence-corrected chi connectivity index (χ1v) is 8.67. The zero-order valence-electron chi connectivity index (χ0n) is 12.4. The summed E-state index contributed by atoms with van der Waals surface area (Å²) in [6, 6.07) is 5.11. The molecule has 19 heavy (non-hydrogen) atoms. The third-order valence-corrected chi connectivity index (χ3v) is 5.16. The van der Waals surface area contributed by atoms with Crippen LogP contribution in [0.25, 0.3) is 0 Å². The van der Waals surface area contributed by atoms with E-state index in [9.17, 15) is 0 Å². The quantitative estimate of drug-likeness (QED) is 0.701. The molecule has 0 radical (unpaired) electrons. The Labute approximate surface area is 122 Å². The molecule has 1 aliphatic carbocycles. The van der Waals surface area contributed by atoms with E-state index in [4.69, 9.17) is 0 Å². The van der Waals surface area contributed by atoms with Gasteiger partial charge in [-0.05, 0) is 57.2 Å². The molecule has 1 aromatic heterocycles. The average Bonchev–Trinajstić information content (AvgIpc) is 2.74. The van der Waals surface area contributed by atoms with Gasteiger partial charge in [0, 0.05) is 9.75 Å². The second kappa shape index (κ2) is 7.86. The van der Waals surface area contributed by atoms with Crippen molar-refractivity contribution in [1.82, 2.24) is 5.32 Å². The second-order valence-corrected chi connectivity index (χ2v) is 6.62. The molecular formula is C17H27NS. The normalized spacial score (nSPS) is 17.9. The van der Waals surface area contributed by atoms with Crippen molar-refractivity contribution < 1.29 is 0 Å². The third-order valence-electron chi connectivity index (χ3n) is 3.86. The van der Waals surface area contributed by atoms with Gasteiger partial charge >= 0.3 is 0 Å². The lowest BCUT2D eigenvalue weighted by molar-refractivity contribution is 0.573. The van der Waals surface area contributed by atoms with Gasteiger partial charge < -0.3 is 5.32 Å². The lowest BCUT2D eigenvalue weighted by atomic mass is 10.0. The Bertz CT molecular complexity index is 405. The number of hydrogen-bond donors (Lipinski definition) is 1. The molecule has 1 heterocycles. The van der Waals surface area contributed by atoms with Gasteiger partial charge in [-0.15, -0.1) is 11.3 Å². The molecule has 2 rings (SSSR count). The number of aryl methyl sites for hydroxylation is 1. The Balaban J connectivity index is 2.16. The van der Waals surface area contributed by atoms with Crippen molar-refractivity contribution in [2.45, 2.75) is 64.8 Å². The first-order chi connectivity index (χ1) is 9.35. The molecule has 1 nitrogen and oxygen atoms in total. The summed E-state index contributed by atoms with van der Waals surface area (Å²) in [4.78, 5) is 3.02. The van der Waals surface area contributed by atoms with Crippen LogP contribution in [-0.2, 0) is 6.42 Å². The standard InChI is InChI=1S/C17H27NS/c1-3-13-18-17(14-9-7-5-6-8-10-14)16-12-11-15(4-2)19-16/h9,11-12,17-18H,3-8,10,13H2,1-2H3. The fourth-order valence-corrected chi connectivity index (χ4v) is 3.82. The number of allylic oxidation sites excluding steroid dienone is 1. The molecule has 1 unspecified atom stereocenters. The highest BCUT2D eigenvalue weighted by Gasteiger charge is 2.18. The molecule has 2 heteroatoms. The van der Waals surface area contributed by atoms with Crippen molar-refractivity contribution in [3.63, 3.8) is 0 Å². The lowest BCUT2D eigenvalue weighted by Gasteiger charge is -2.20. The molecule has 106 valence electrons. The van der Waals surface area contributed by atoms with Crippen LogP contribution in [0.1, 0.15) is 68.2 Å². The highest BCUT2D eigenvalue weighted by Crippen LogP contribution is 2.33. The van der Waals surface area contributed by atoms with Crippen molar-refractivity contribution in [2.24, 2.45) is 0 Å². The summed E-state index contributed by atoms with van der Waals surface area (Å²) >= 11 is 1.99.